The number of hydrogen-bond donors (Lipinski definition) is 2. The molecule has 6 heteroatoms. The second kappa shape index (κ2) is 4.49. The van der Waals surface area contributed by atoms with Gasteiger partial charge in [-0.15, -0.1) is 0 Å². The van der Waals surface area contributed by atoms with Crippen molar-refractivity contribution < 1.29 is 13.5 Å². The number of nitrogens with two attached hydrogens (primary N) is 1. The Kier molecular flexibility index (Phi) is 3.44. The Morgan fingerprint density at radius 3 is 2.56 bits per heavy atom. The smallest absolute Gasteiger partial charge is 0.151 e. The van der Waals surface area contributed by atoms with Crippen molar-refractivity contribution in [3.8, 4) is 0 Å². The minimum absolute atomic E-state index is 0.137. The van der Waals surface area contributed by atoms with Crippen molar-refractivity contribution in [3.63, 3.8) is 0 Å². The molecule has 0 spiro atoms. The van der Waals surface area contributed by atoms with Crippen molar-refractivity contribution in [2.24, 2.45) is 11.1 Å². The third kappa shape index (κ3) is 2.05. The van der Waals surface area contributed by atoms with Crippen LogP contribution in [0, 0.1) is 5.41 Å². The SMILES string of the molecule is CS(=O)(=O)[C@@H]1[C@@H](c2cccc(Cl)c2)[C@]1(CN)CO. The van der Waals surface area contributed by atoms with Gasteiger partial charge in [-0.3, -0.25) is 0 Å². The van der Waals surface area contributed by atoms with Crippen LogP contribution in [0.15, 0.2) is 24.3 Å². The summed E-state index contributed by atoms with van der Waals surface area (Å²) in [4.78, 5) is 0. The molecule has 0 aliphatic heterocycles. The molecule has 3 N–H and O–H groups in total. The lowest BCUT2D eigenvalue weighted by Gasteiger charge is -2.11. The molecule has 1 saturated carbocycles. The third-order valence-electron chi connectivity index (χ3n) is 3.72. The number of aliphatic hydroxyl groups excluding tert-OH is 1. The number of benzene rings is 1. The fourth-order valence-electron chi connectivity index (χ4n) is 2.83. The van der Waals surface area contributed by atoms with E-state index >= 15 is 0 Å². The monoisotopic (exact) mass is 289 g/mol. The first kappa shape index (κ1) is 13.8. The summed E-state index contributed by atoms with van der Waals surface area (Å²) in [6, 6.07) is 7.05. The molecule has 100 valence electrons. The molecule has 1 fully saturated rings. The molecule has 0 amide bonds. The first-order chi connectivity index (χ1) is 8.36. The van der Waals surface area contributed by atoms with Gasteiger partial charge in [0.2, 0.25) is 0 Å². The predicted octanol–water partition coefficient (Wildman–Crippen LogP) is 0.788. The fourth-order valence-corrected chi connectivity index (χ4v) is 5.04. The van der Waals surface area contributed by atoms with Crippen LogP contribution in [-0.4, -0.2) is 38.2 Å². The lowest BCUT2D eigenvalue weighted by atomic mass is 10.0. The largest absolute Gasteiger partial charge is 0.396 e. The lowest BCUT2D eigenvalue weighted by Crippen LogP contribution is -2.27. The summed E-state index contributed by atoms with van der Waals surface area (Å²) in [6.45, 7) is -0.100. The molecule has 0 unspecified atom stereocenters. The number of sulfone groups is 1. The first-order valence-electron chi connectivity index (χ1n) is 5.62. The highest BCUT2D eigenvalue weighted by Crippen LogP contribution is 2.62. The van der Waals surface area contributed by atoms with Gasteiger partial charge in [-0.1, -0.05) is 23.7 Å². The zero-order valence-electron chi connectivity index (χ0n) is 10.0. The Balaban J connectivity index is 2.45. The average Bonchev–Trinajstić information content (AvgIpc) is 2.98. The van der Waals surface area contributed by atoms with Crippen LogP contribution in [0.1, 0.15) is 11.5 Å². The van der Waals surface area contributed by atoms with Crippen molar-refractivity contribution >= 4 is 21.4 Å². The van der Waals surface area contributed by atoms with E-state index in [-0.39, 0.29) is 19.1 Å². The first-order valence-corrected chi connectivity index (χ1v) is 7.95. The van der Waals surface area contributed by atoms with Gasteiger partial charge in [0, 0.05) is 29.2 Å². The van der Waals surface area contributed by atoms with Gasteiger partial charge >= 0.3 is 0 Å². The van der Waals surface area contributed by atoms with Crippen LogP contribution in [0.3, 0.4) is 0 Å². The molecule has 1 aliphatic carbocycles. The molecule has 0 bridgehead atoms. The van der Waals surface area contributed by atoms with Crippen molar-refractivity contribution in [2.45, 2.75) is 11.2 Å². The second-order valence-corrected chi connectivity index (χ2v) is 7.48. The average molecular weight is 290 g/mol. The summed E-state index contributed by atoms with van der Waals surface area (Å²) in [5.41, 5.74) is 5.73. The summed E-state index contributed by atoms with van der Waals surface area (Å²) in [7, 11) is -3.25. The quantitative estimate of drug-likeness (QED) is 0.859. The zero-order chi connectivity index (χ0) is 13.6. The molecule has 4 nitrogen and oxygen atoms in total. The van der Waals surface area contributed by atoms with Crippen LogP contribution in [0.5, 0.6) is 0 Å². The Bertz CT molecular complexity index is 554. The van der Waals surface area contributed by atoms with Crippen molar-refractivity contribution in [3.05, 3.63) is 34.9 Å². The highest BCUT2D eigenvalue weighted by Gasteiger charge is 2.68. The van der Waals surface area contributed by atoms with Crippen LogP contribution in [0.4, 0.5) is 0 Å². The summed E-state index contributed by atoms with van der Waals surface area (Å²) in [6.07, 6.45) is 1.18. The second-order valence-electron chi connectivity index (χ2n) is 4.88. The van der Waals surface area contributed by atoms with Gasteiger partial charge in [0.05, 0.1) is 11.9 Å². The van der Waals surface area contributed by atoms with Crippen LogP contribution in [-0.2, 0) is 9.84 Å². The maximum Gasteiger partial charge on any atom is 0.151 e. The Morgan fingerprint density at radius 1 is 1.50 bits per heavy atom. The van der Waals surface area contributed by atoms with E-state index in [0.29, 0.717) is 5.02 Å². The van der Waals surface area contributed by atoms with E-state index in [1.807, 2.05) is 6.07 Å². The summed E-state index contributed by atoms with van der Waals surface area (Å²) in [5, 5.41) is 9.44. The van der Waals surface area contributed by atoms with E-state index in [2.05, 4.69) is 0 Å². The molecule has 0 heterocycles. The normalized spacial score (nSPS) is 31.3. The van der Waals surface area contributed by atoms with Gasteiger partial charge in [0.1, 0.15) is 0 Å². The highest BCUT2D eigenvalue weighted by molar-refractivity contribution is 7.91. The minimum atomic E-state index is -3.25. The van der Waals surface area contributed by atoms with Crippen molar-refractivity contribution in [2.75, 3.05) is 19.4 Å². The predicted molar refractivity (Wildman–Crippen MR) is 71.4 cm³/mol. The molecule has 1 aromatic carbocycles. The highest BCUT2D eigenvalue weighted by atomic mass is 35.5. The van der Waals surface area contributed by atoms with E-state index in [1.165, 1.54) is 6.26 Å². The number of rotatable bonds is 4. The van der Waals surface area contributed by atoms with E-state index < -0.39 is 20.5 Å². The van der Waals surface area contributed by atoms with Gasteiger partial charge in [-0.05, 0) is 17.7 Å². The van der Waals surface area contributed by atoms with Crippen LogP contribution in [0.25, 0.3) is 0 Å². The molecule has 1 aromatic rings. The van der Waals surface area contributed by atoms with Gasteiger partial charge in [-0.2, -0.15) is 0 Å². The molecule has 1 aliphatic rings. The van der Waals surface area contributed by atoms with Gasteiger partial charge in [-0.25, -0.2) is 8.42 Å². The Labute approximate surface area is 112 Å². The molecular formula is C12H16ClNO3S. The van der Waals surface area contributed by atoms with E-state index in [4.69, 9.17) is 17.3 Å². The zero-order valence-corrected chi connectivity index (χ0v) is 11.6. The van der Waals surface area contributed by atoms with Crippen molar-refractivity contribution in [1.82, 2.24) is 0 Å². The topological polar surface area (TPSA) is 80.4 Å². The van der Waals surface area contributed by atoms with Crippen LogP contribution >= 0.6 is 11.6 Å². The Morgan fingerprint density at radius 2 is 2.17 bits per heavy atom. The van der Waals surface area contributed by atoms with Crippen molar-refractivity contribution in [1.29, 1.82) is 0 Å². The van der Waals surface area contributed by atoms with E-state index in [1.54, 1.807) is 18.2 Å². The number of halogens is 1. The third-order valence-corrected chi connectivity index (χ3v) is 5.62. The molecule has 0 aromatic heterocycles. The lowest BCUT2D eigenvalue weighted by molar-refractivity contribution is 0.212. The maximum atomic E-state index is 11.8. The minimum Gasteiger partial charge on any atom is -0.396 e. The van der Waals surface area contributed by atoms with E-state index in [9.17, 15) is 13.5 Å². The standard InChI is InChI=1S/C12H16ClNO3S/c1-18(16,17)11-10(12(11,6-14)7-15)8-3-2-4-9(13)5-8/h2-5,10-11,15H,6-7,14H2,1H3/t10-,11-,12+/m1/s1. The van der Waals surface area contributed by atoms with E-state index in [0.717, 1.165) is 5.56 Å². The number of hydrogen-bond acceptors (Lipinski definition) is 4. The fraction of sp³-hybridized carbons (Fsp3) is 0.500. The summed E-state index contributed by atoms with van der Waals surface area (Å²) >= 11 is 5.91. The molecule has 0 saturated heterocycles. The van der Waals surface area contributed by atoms with Gasteiger partial charge < -0.3 is 10.8 Å². The summed E-state index contributed by atoms with van der Waals surface area (Å²) < 4.78 is 23.6. The molecule has 2 rings (SSSR count). The molecular weight excluding hydrogens is 274 g/mol. The van der Waals surface area contributed by atoms with Gasteiger partial charge in [0.15, 0.2) is 9.84 Å². The molecule has 18 heavy (non-hydrogen) atoms. The summed E-state index contributed by atoms with van der Waals surface area (Å²) in [5.74, 6) is -0.277. The maximum absolute atomic E-state index is 11.8. The van der Waals surface area contributed by atoms with Crippen LogP contribution < -0.4 is 5.73 Å². The van der Waals surface area contributed by atoms with Crippen LogP contribution in [0.2, 0.25) is 5.02 Å². The molecule has 3 atom stereocenters. The van der Waals surface area contributed by atoms with Gasteiger partial charge in [0.25, 0.3) is 0 Å². The Hall–Kier alpha value is -0.620. The molecule has 0 radical (unpaired) electrons. The number of aliphatic hydroxyl groups is 1.